The molecule has 0 unspecified atom stereocenters. The van der Waals surface area contributed by atoms with E-state index in [0.717, 1.165) is 12.2 Å². The van der Waals surface area contributed by atoms with Gasteiger partial charge in [-0.2, -0.15) is 0 Å². The number of hydrogen-bond acceptors (Lipinski definition) is 3. The normalized spacial score (nSPS) is 15.5. The molecule has 3 heteroatoms. The second-order valence-electron chi connectivity index (χ2n) is 2.63. The highest BCUT2D eigenvalue weighted by molar-refractivity contribution is 8.03. The lowest BCUT2D eigenvalue weighted by Crippen LogP contribution is -2.08. The number of nitrogen functional groups attached to an aromatic ring is 1. The summed E-state index contributed by atoms with van der Waals surface area (Å²) in [5.74, 6) is 0. The summed E-state index contributed by atoms with van der Waals surface area (Å²) >= 11 is 1.71. The summed E-state index contributed by atoms with van der Waals surface area (Å²) in [6, 6.07) is 7.92. The van der Waals surface area contributed by atoms with Gasteiger partial charge < -0.3 is 10.0 Å². The molecule has 62 valence electrons. The quantitative estimate of drug-likeness (QED) is 0.528. The maximum atomic E-state index is 5.58. The van der Waals surface area contributed by atoms with Crippen molar-refractivity contribution in [1.82, 2.24) is 0 Å². The standard InChI is InChI=1S/C9H10N2S/c10-8-2-4-9(5-3-8)11-6-1-7-12-11/h1-5,7H,6,10H2. The molecule has 0 atom stereocenters. The van der Waals surface area contributed by atoms with Crippen LogP contribution in [0.3, 0.4) is 0 Å². The van der Waals surface area contributed by atoms with Crippen molar-refractivity contribution in [2.45, 2.75) is 0 Å². The average molecular weight is 178 g/mol. The minimum atomic E-state index is 0.816. The van der Waals surface area contributed by atoms with Gasteiger partial charge in [0.2, 0.25) is 0 Å². The van der Waals surface area contributed by atoms with Crippen LogP contribution in [-0.4, -0.2) is 6.54 Å². The average Bonchev–Trinajstić information content (AvgIpc) is 2.58. The molecule has 0 aliphatic carbocycles. The molecule has 0 fully saturated rings. The molecule has 0 radical (unpaired) electrons. The second-order valence-corrected chi connectivity index (χ2v) is 3.55. The smallest absolute Gasteiger partial charge is 0.0488 e. The molecule has 0 amide bonds. The van der Waals surface area contributed by atoms with E-state index in [2.05, 4.69) is 15.8 Å². The van der Waals surface area contributed by atoms with Crippen LogP contribution in [0.25, 0.3) is 0 Å². The predicted octanol–water partition coefficient (Wildman–Crippen LogP) is 2.25. The largest absolute Gasteiger partial charge is 0.399 e. The lowest BCUT2D eigenvalue weighted by Gasteiger charge is -2.15. The van der Waals surface area contributed by atoms with Crippen LogP contribution in [0.4, 0.5) is 11.4 Å². The van der Waals surface area contributed by atoms with E-state index in [1.54, 1.807) is 11.9 Å². The van der Waals surface area contributed by atoms with Crippen LogP contribution < -0.4 is 10.0 Å². The van der Waals surface area contributed by atoms with E-state index in [-0.39, 0.29) is 0 Å². The number of nitrogens with two attached hydrogens (primary N) is 1. The Labute approximate surface area is 76.2 Å². The summed E-state index contributed by atoms with van der Waals surface area (Å²) in [5.41, 5.74) is 7.61. The molecule has 2 nitrogen and oxygen atoms in total. The van der Waals surface area contributed by atoms with Crippen molar-refractivity contribution in [2.75, 3.05) is 16.6 Å². The van der Waals surface area contributed by atoms with E-state index in [4.69, 9.17) is 5.73 Å². The number of anilines is 2. The zero-order chi connectivity index (χ0) is 8.39. The van der Waals surface area contributed by atoms with Crippen LogP contribution in [0.2, 0.25) is 0 Å². The fourth-order valence-corrected chi connectivity index (χ4v) is 1.84. The van der Waals surface area contributed by atoms with Gasteiger partial charge in [-0.25, -0.2) is 0 Å². The van der Waals surface area contributed by atoms with Crippen molar-refractivity contribution in [2.24, 2.45) is 0 Å². The molecule has 12 heavy (non-hydrogen) atoms. The summed E-state index contributed by atoms with van der Waals surface area (Å²) in [4.78, 5) is 0. The number of rotatable bonds is 1. The minimum Gasteiger partial charge on any atom is -0.399 e. The maximum absolute atomic E-state index is 5.58. The molecule has 2 rings (SSSR count). The van der Waals surface area contributed by atoms with Gasteiger partial charge in [0, 0.05) is 17.9 Å². The molecule has 1 heterocycles. The van der Waals surface area contributed by atoms with Crippen LogP contribution >= 0.6 is 11.9 Å². The van der Waals surface area contributed by atoms with Crippen molar-refractivity contribution in [3.05, 3.63) is 35.7 Å². The molecule has 1 aliphatic heterocycles. The molecule has 0 saturated carbocycles. The van der Waals surface area contributed by atoms with Crippen LogP contribution in [-0.2, 0) is 0 Å². The third-order valence-electron chi connectivity index (χ3n) is 1.74. The molecule has 1 aromatic rings. The fraction of sp³-hybridized carbons (Fsp3) is 0.111. The second kappa shape index (κ2) is 3.11. The summed E-state index contributed by atoms with van der Waals surface area (Å²) in [5, 5.41) is 2.09. The minimum absolute atomic E-state index is 0.816. The highest BCUT2D eigenvalue weighted by Crippen LogP contribution is 2.27. The third kappa shape index (κ3) is 1.41. The number of nitrogens with zero attached hydrogens (tertiary/aromatic N) is 1. The predicted molar refractivity (Wildman–Crippen MR) is 54.9 cm³/mol. The molecule has 0 saturated heterocycles. The lowest BCUT2D eigenvalue weighted by molar-refractivity contribution is 1.24. The topological polar surface area (TPSA) is 29.3 Å². The molecule has 0 spiro atoms. The van der Waals surface area contributed by atoms with E-state index < -0.39 is 0 Å². The Morgan fingerprint density at radius 1 is 1.25 bits per heavy atom. The summed E-state index contributed by atoms with van der Waals surface area (Å²) in [6.45, 7) is 0.981. The first kappa shape index (κ1) is 7.55. The van der Waals surface area contributed by atoms with Gasteiger partial charge in [0.1, 0.15) is 0 Å². The molecule has 2 N–H and O–H groups in total. The Bertz CT molecular complexity index is 284. The molecular formula is C9H10N2S. The summed E-state index contributed by atoms with van der Waals surface area (Å²) in [6.07, 6.45) is 2.14. The Balaban J connectivity index is 2.18. The van der Waals surface area contributed by atoms with Gasteiger partial charge in [-0.05, 0) is 41.6 Å². The van der Waals surface area contributed by atoms with Gasteiger partial charge in [-0.3, -0.25) is 0 Å². The van der Waals surface area contributed by atoms with Crippen LogP contribution in [0.5, 0.6) is 0 Å². The molecule has 1 aliphatic rings. The number of benzene rings is 1. The van der Waals surface area contributed by atoms with E-state index >= 15 is 0 Å². The van der Waals surface area contributed by atoms with Crippen molar-refractivity contribution >= 4 is 23.3 Å². The van der Waals surface area contributed by atoms with Crippen molar-refractivity contribution in [1.29, 1.82) is 0 Å². The van der Waals surface area contributed by atoms with E-state index in [1.165, 1.54) is 5.69 Å². The van der Waals surface area contributed by atoms with Gasteiger partial charge in [0.25, 0.3) is 0 Å². The Morgan fingerprint density at radius 3 is 2.58 bits per heavy atom. The Hall–Kier alpha value is -1.09. The van der Waals surface area contributed by atoms with Crippen LogP contribution in [0.15, 0.2) is 35.7 Å². The number of hydrogen-bond donors (Lipinski definition) is 1. The van der Waals surface area contributed by atoms with Crippen molar-refractivity contribution in [3.63, 3.8) is 0 Å². The molecule has 0 aromatic heterocycles. The highest BCUT2D eigenvalue weighted by Gasteiger charge is 2.07. The monoisotopic (exact) mass is 178 g/mol. The van der Waals surface area contributed by atoms with Gasteiger partial charge in [-0.1, -0.05) is 6.08 Å². The van der Waals surface area contributed by atoms with Gasteiger partial charge in [-0.15, -0.1) is 0 Å². The first-order valence-electron chi connectivity index (χ1n) is 3.81. The van der Waals surface area contributed by atoms with Crippen LogP contribution in [0, 0.1) is 0 Å². The van der Waals surface area contributed by atoms with Crippen molar-refractivity contribution < 1.29 is 0 Å². The van der Waals surface area contributed by atoms with Gasteiger partial charge >= 0.3 is 0 Å². The fourth-order valence-electron chi connectivity index (χ4n) is 1.11. The third-order valence-corrected chi connectivity index (χ3v) is 2.67. The van der Waals surface area contributed by atoms with E-state index in [0.29, 0.717) is 0 Å². The first-order chi connectivity index (χ1) is 5.86. The van der Waals surface area contributed by atoms with Crippen LogP contribution in [0.1, 0.15) is 0 Å². The Kier molecular flexibility index (Phi) is 1.96. The molecule has 0 bridgehead atoms. The van der Waals surface area contributed by atoms with E-state index in [1.807, 2.05) is 24.3 Å². The van der Waals surface area contributed by atoms with Crippen molar-refractivity contribution in [3.8, 4) is 0 Å². The first-order valence-corrected chi connectivity index (χ1v) is 4.65. The SMILES string of the molecule is Nc1ccc(N2CC=CS2)cc1. The zero-order valence-corrected chi connectivity index (χ0v) is 7.42. The summed E-state index contributed by atoms with van der Waals surface area (Å²) in [7, 11) is 0. The highest BCUT2D eigenvalue weighted by atomic mass is 32.2. The molecule has 1 aromatic carbocycles. The lowest BCUT2D eigenvalue weighted by atomic mass is 10.3. The Morgan fingerprint density at radius 2 is 2.00 bits per heavy atom. The summed E-state index contributed by atoms with van der Waals surface area (Å²) < 4.78 is 2.21. The zero-order valence-electron chi connectivity index (χ0n) is 6.60. The van der Waals surface area contributed by atoms with Gasteiger partial charge in [0.15, 0.2) is 0 Å². The molecular weight excluding hydrogens is 168 g/mol. The van der Waals surface area contributed by atoms with E-state index in [9.17, 15) is 0 Å². The maximum Gasteiger partial charge on any atom is 0.0488 e. The van der Waals surface area contributed by atoms with Gasteiger partial charge in [0.05, 0.1) is 0 Å².